The molecular weight excluding hydrogens is 406 g/mol. The van der Waals surface area contributed by atoms with Gasteiger partial charge in [-0.25, -0.2) is 4.79 Å². The van der Waals surface area contributed by atoms with Crippen molar-refractivity contribution < 1.29 is 24.6 Å². The van der Waals surface area contributed by atoms with E-state index in [2.05, 4.69) is 36.5 Å². The van der Waals surface area contributed by atoms with Gasteiger partial charge in [0.1, 0.15) is 6.04 Å². The quantitative estimate of drug-likeness (QED) is 0.498. The molecule has 0 saturated carbocycles. The third kappa shape index (κ3) is 6.94. The summed E-state index contributed by atoms with van der Waals surface area (Å²) < 4.78 is 0. The van der Waals surface area contributed by atoms with Crippen LogP contribution in [-0.4, -0.2) is 34.1 Å². The normalized spacial score (nSPS) is 13.2. The smallest absolute Gasteiger partial charge is 0.326 e. The average Bonchev–Trinajstić information content (AvgIpc) is 2.70. The molecule has 2 rings (SSSR count). The first kappa shape index (κ1) is 25.1. The molecule has 0 bridgehead atoms. The predicted molar refractivity (Wildman–Crippen MR) is 124 cm³/mol. The van der Waals surface area contributed by atoms with Crippen LogP contribution in [0.3, 0.4) is 0 Å². The van der Waals surface area contributed by atoms with Gasteiger partial charge in [-0.3, -0.25) is 9.59 Å². The molecule has 6 nitrogen and oxygen atoms in total. The van der Waals surface area contributed by atoms with Gasteiger partial charge in [0, 0.05) is 5.92 Å². The van der Waals surface area contributed by atoms with E-state index in [1.807, 2.05) is 24.3 Å². The lowest BCUT2D eigenvalue weighted by atomic mass is 9.85. The molecule has 0 fully saturated rings. The zero-order valence-corrected chi connectivity index (χ0v) is 19.2. The zero-order chi connectivity index (χ0) is 23.9. The number of aryl methyl sites for hydroxylation is 2. The molecule has 0 aliphatic carbocycles. The first-order valence-electron chi connectivity index (χ1n) is 10.9. The highest BCUT2D eigenvalue weighted by atomic mass is 16.4. The highest BCUT2D eigenvalue weighted by Gasteiger charge is 2.34. The maximum Gasteiger partial charge on any atom is 0.326 e. The van der Waals surface area contributed by atoms with Crippen molar-refractivity contribution in [2.24, 2.45) is 11.3 Å². The van der Waals surface area contributed by atoms with E-state index in [0.717, 1.165) is 22.3 Å². The van der Waals surface area contributed by atoms with Crippen LogP contribution in [-0.2, 0) is 20.8 Å². The molecule has 0 spiro atoms. The number of carboxylic acids is 2. The van der Waals surface area contributed by atoms with Crippen LogP contribution < -0.4 is 5.32 Å². The van der Waals surface area contributed by atoms with Gasteiger partial charge >= 0.3 is 11.9 Å². The van der Waals surface area contributed by atoms with Crippen molar-refractivity contribution >= 4 is 17.8 Å². The van der Waals surface area contributed by atoms with E-state index >= 15 is 0 Å². The minimum atomic E-state index is -1.13. The van der Waals surface area contributed by atoms with Crippen LogP contribution in [0.5, 0.6) is 0 Å². The summed E-state index contributed by atoms with van der Waals surface area (Å²) in [7, 11) is 0. The van der Waals surface area contributed by atoms with Gasteiger partial charge in [0.05, 0.1) is 6.42 Å². The Morgan fingerprint density at radius 1 is 0.969 bits per heavy atom. The second kappa shape index (κ2) is 10.9. The zero-order valence-electron chi connectivity index (χ0n) is 19.2. The number of hydrogen-bond donors (Lipinski definition) is 3. The van der Waals surface area contributed by atoms with Crippen molar-refractivity contribution in [3.63, 3.8) is 0 Å². The summed E-state index contributed by atoms with van der Waals surface area (Å²) >= 11 is 0. The molecule has 0 aliphatic heterocycles. The van der Waals surface area contributed by atoms with E-state index in [1.54, 1.807) is 20.8 Å². The number of carbonyl (C=O) groups is 3. The molecule has 0 heterocycles. The fourth-order valence-corrected chi connectivity index (χ4v) is 3.94. The van der Waals surface area contributed by atoms with Crippen LogP contribution in [0.15, 0.2) is 48.5 Å². The third-order valence-electron chi connectivity index (χ3n) is 5.61. The van der Waals surface area contributed by atoms with Gasteiger partial charge < -0.3 is 15.5 Å². The number of hydrogen-bond acceptors (Lipinski definition) is 3. The van der Waals surface area contributed by atoms with Gasteiger partial charge in [-0.05, 0) is 53.9 Å². The number of amides is 1. The molecule has 3 N–H and O–H groups in total. The molecule has 2 atom stereocenters. The largest absolute Gasteiger partial charge is 0.481 e. The molecular formula is C26H33NO5. The Balaban J connectivity index is 2.14. The Hall–Kier alpha value is -3.15. The van der Waals surface area contributed by atoms with E-state index < -0.39 is 35.2 Å². The van der Waals surface area contributed by atoms with Crippen molar-refractivity contribution in [3.8, 4) is 11.1 Å². The van der Waals surface area contributed by atoms with Crippen molar-refractivity contribution in [1.82, 2.24) is 5.32 Å². The highest BCUT2D eigenvalue weighted by molar-refractivity contribution is 5.87. The highest BCUT2D eigenvalue weighted by Crippen LogP contribution is 2.29. The number of nitrogens with one attached hydrogen (secondary N) is 1. The van der Waals surface area contributed by atoms with E-state index in [4.69, 9.17) is 0 Å². The van der Waals surface area contributed by atoms with Crippen LogP contribution >= 0.6 is 0 Å². The molecule has 172 valence electrons. The summed E-state index contributed by atoms with van der Waals surface area (Å²) in [4.78, 5) is 35.7. The summed E-state index contributed by atoms with van der Waals surface area (Å²) in [5.74, 6) is -3.52. The van der Waals surface area contributed by atoms with Gasteiger partial charge in [-0.1, -0.05) is 69.3 Å². The molecule has 0 aliphatic rings. The lowest BCUT2D eigenvalue weighted by Gasteiger charge is -2.29. The molecule has 0 unspecified atom stereocenters. The predicted octanol–water partition coefficient (Wildman–Crippen LogP) is 4.69. The van der Waals surface area contributed by atoms with E-state index in [-0.39, 0.29) is 6.42 Å². The Morgan fingerprint density at radius 3 is 2.19 bits per heavy atom. The summed E-state index contributed by atoms with van der Waals surface area (Å²) in [6.07, 6.45) is 1.33. The lowest BCUT2D eigenvalue weighted by molar-refractivity contribution is -0.146. The maximum absolute atomic E-state index is 12.8. The van der Waals surface area contributed by atoms with Gasteiger partial charge in [0.2, 0.25) is 5.91 Å². The van der Waals surface area contributed by atoms with Crippen LogP contribution in [0.4, 0.5) is 0 Å². The van der Waals surface area contributed by atoms with Crippen LogP contribution in [0.2, 0.25) is 0 Å². The summed E-state index contributed by atoms with van der Waals surface area (Å²) in [5.41, 5.74) is 3.88. The van der Waals surface area contributed by atoms with Crippen molar-refractivity contribution in [1.29, 1.82) is 0 Å². The minimum Gasteiger partial charge on any atom is -0.481 e. The SMILES string of the molecule is Cc1cccc(CCC[C@H](CC(=O)O)C(=O)N[C@H](C(=O)O)C(C)(C)C)c1-c1ccccc1. The Labute approximate surface area is 189 Å². The number of carbonyl (C=O) groups excluding carboxylic acids is 1. The van der Waals surface area contributed by atoms with Gasteiger partial charge in [-0.2, -0.15) is 0 Å². The molecule has 32 heavy (non-hydrogen) atoms. The summed E-state index contributed by atoms with van der Waals surface area (Å²) in [5, 5.41) is 21.3. The minimum absolute atomic E-state index is 0.332. The molecule has 2 aromatic carbocycles. The number of rotatable bonds is 10. The molecule has 0 radical (unpaired) electrons. The summed E-state index contributed by atoms with van der Waals surface area (Å²) in [6, 6.07) is 15.1. The van der Waals surface area contributed by atoms with Gasteiger partial charge in [0.25, 0.3) is 0 Å². The maximum atomic E-state index is 12.8. The molecule has 6 heteroatoms. The van der Waals surface area contributed by atoms with Gasteiger partial charge in [0.15, 0.2) is 0 Å². The first-order chi connectivity index (χ1) is 15.0. The molecule has 1 amide bonds. The first-order valence-corrected chi connectivity index (χ1v) is 10.9. The summed E-state index contributed by atoms with van der Waals surface area (Å²) in [6.45, 7) is 7.23. The van der Waals surface area contributed by atoms with Crippen molar-refractivity contribution in [3.05, 3.63) is 59.7 Å². The van der Waals surface area contributed by atoms with E-state index in [1.165, 1.54) is 0 Å². The van der Waals surface area contributed by atoms with Crippen LogP contribution in [0.1, 0.15) is 51.2 Å². The topological polar surface area (TPSA) is 104 Å². The van der Waals surface area contributed by atoms with Crippen molar-refractivity contribution in [2.75, 3.05) is 0 Å². The Kier molecular flexibility index (Phi) is 8.58. The molecule has 2 aromatic rings. The molecule has 0 saturated heterocycles. The Morgan fingerprint density at radius 2 is 1.62 bits per heavy atom. The van der Waals surface area contributed by atoms with Crippen LogP contribution in [0, 0.1) is 18.3 Å². The second-order valence-corrected chi connectivity index (χ2v) is 9.31. The second-order valence-electron chi connectivity index (χ2n) is 9.31. The number of aliphatic carboxylic acids is 2. The number of benzene rings is 2. The number of carboxylic acid groups (broad SMARTS) is 2. The van der Waals surface area contributed by atoms with Gasteiger partial charge in [-0.15, -0.1) is 0 Å². The van der Waals surface area contributed by atoms with Crippen LogP contribution in [0.25, 0.3) is 11.1 Å². The van der Waals surface area contributed by atoms with Crippen molar-refractivity contribution in [2.45, 2.75) is 59.4 Å². The fourth-order valence-electron chi connectivity index (χ4n) is 3.94. The third-order valence-corrected chi connectivity index (χ3v) is 5.61. The lowest BCUT2D eigenvalue weighted by Crippen LogP contribution is -2.51. The van der Waals surface area contributed by atoms with E-state index in [9.17, 15) is 24.6 Å². The average molecular weight is 440 g/mol. The fraction of sp³-hybridized carbons (Fsp3) is 0.423. The van der Waals surface area contributed by atoms with E-state index in [0.29, 0.717) is 19.3 Å². The standard InChI is InChI=1S/C26H33NO5/c1-17-10-8-13-19(22(17)18-11-6-5-7-12-18)14-9-15-20(16-21(28)29)24(30)27-23(25(31)32)26(2,3)4/h5-8,10-13,20,23H,9,14-16H2,1-4H3,(H,27,30)(H,28,29)(H,31,32)/t20-,23-/m1/s1. The molecule has 0 aromatic heterocycles. The monoisotopic (exact) mass is 439 g/mol. The Bertz CT molecular complexity index is 946.